The maximum Gasteiger partial charge on any atom is 0.341 e. The van der Waals surface area contributed by atoms with Gasteiger partial charge in [0.25, 0.3) is 0 Å². The Morgan fingerprint density at radius 2 is 2.27 bits per heavy atom. The molecule has 2 N–H and O–H groups in total. The van der Waals surface area contributed by atoms with Crippen molar-refractivity contribution in [3.8, 4) is 5.75 Å². The first-order chi connectivity index (χ1) is 10.7. The number of anilines is 1. The van der Waals surface area contributed by atoms with Crippen molar-refractivity contribution in [3.63, 3.8) is 0 Å². The molecule has 0 amide bonds. The summed E-state index contributed by atoms with van der Waals surface area (Å²) in [5.41, 5.74) is 1.03. The molecule has 1 aromatic rings. The van der Waals surface area contributed by atoms with E-state index in [1.54, 1.807) is 12.1 Å². The third-order valence-corrected chi connectivity index (χ3v) is 6.67. The number of hydrogen-bond donors (Lipinski definition) is 2. The number of aromatic hydroxyl groups is 1. The van der Waals surface area contributed by atoms with Crippen LogP contribution < -0.4 is 5.32 Å². The summed E-state index contributed by atoms with van der Waals surface area (Å²) < 4.78 is 4.65. The van der Waals surface area contributed by atoms with Gasteiger partial charge in [0.2, 0.25) is 0 Å². The van der Waals surface area contributed by atoms with Crippen molar-refractivity contribution >= 4 is 33.2 Å². The molecule has 1 unspecified atom stereocenters. The summed E-state index contributed by atoms with van der Waals surface area (Å²) in [4.78, 5) is 11.5. The van der Waals surface area contributed by atoms with Crippen molar-refractivity contribution in [1.29, 1.82) is 0 Å². The Morgan fingerprint density at radius 1 is 1.41 bits per heavy atom. The zero-order valence-electron chi connectivity index (χ0n) is 12.8. The number of rotatable bonds is 8. The van der Waals surface area contributed by atoms with E-state index in [2.05, 4.69) is 10.1 Å². The van der Waals surface area contributed by atoms with Crippen LogP contribution in [-0.2, 0) is 4.74 Å². The number of hydrogen-bond acceptors (Lipinski definition) is 6. The number of nitrogens with one attached hydrogen (secondary N) is 1. The SMILES string of the molecule is COC(=O)c1cc(NCCCCCC2CCSS2)ccc1O. The van der Waals surface area contributed by atoms with E-state index in [-0.39, 0.29) is 11.3 Å². The highest BCUT2D eigenvalue weighted by atomic mass is 33.1. The largest absolute Gasteiger partial charge is 0.507 e. The summed E-state index contributed by atoms with van der Waals surface area (Å²) in [6, 6.07) is 4.92. The Labute approximate surface area is 139 Å². The third-order valence-electron chi connectivity index (χ3n) is 3.66. The number of benzene rings is 1. The molecule has 0 saturated carbocycles. The standard InChI is InChI=1S/C16H23NO3S2/c1-20-16(19)14-11-12(6-7-15(14)18)17-9-4-2-3-5-13-8-10-21-22-13/h6-7,11,13,17-18H,2-5,8-10H2,1H3. The second kappa shape index (κ2) is 9.20. The van der Waals surface area contributed by atoms with E-state index in [1.807, 2.05) is 21.6 Å². The second-order valence-electron chi connectivity index (χ2n) is 5.33. The van der Waals surface area contributed by atoms with Gasteiger partial charge in [0.05, 0.1) is 7.11 Å². The topological polar surface area (TPSA) is 58.6 Å². The first kappa shape index (κ1) is 17.3. The van der Waals surface area contributed by atoms with Crippen LogP contribution in [0.3, 0.4) is 0 Å². The maximum absolute atomic E-state index is 11.5. The van der Waals surface area contributed by atoms with Crippen LogP contribution in [-0.4, -0.2) is 35.7 Å². The van der Waals surface area contributed by atoms with Gasteiger partial charge in [0.15, 0.2) is 0 Å². The predicted molar refractivity (Wildman–Crippen MR) is 94.9 cm³/mol. The van der Waals surface area contributed by atoms with E-state index >= 15 is 0 Å². The fourth-order valence-corrected chi connectivity index (χ4v) is 5.42. The number of ether oxygens (including phenoxy) is 1. The smallest absolute Gasteiger partial charge is 0.341 e. The van der Waals surface area contributed by atoms with Gasteiger partial charge in [-0.2, -0.15) is 0 Å². The summed E-state index contributed by atoms with van der Waals surface area (Å²) in [5, 5.41) is 13.8. The van der Waals surface area contributed by atoms with Gasteiger partial charge in [-0.15, -0.1) is 0 Å². The van der Waals surface area contributed by atoms with E-state index in [0.29, 0.717) is 0 Å². The van der Waals surface area contributed by atoms with Crippen molar-refractivity contribution in [2.45, 2.75) is 37.4 Å². The van der Waals surface area contributed by atoms with E-state index in [0.717, 1.165) is 23.9 Å². The predicted octanol–water partition coefficient (Wildman–Crippen LogP) is 4.30. The molecule has 0 aliphatic carbocycles. The van der Waals surface area contributed by atoms with Crippen molar-refractivity contribution in [2.75, 3.05) is 24.7 Å². The van der Waals surface area contributed by atoms with Gasteiger partial charge in [-0.3, -0.25) is 0 Å². The van der Waals surface area contributed by atoms with Gasteiger partial charge in [0.1, 0.15) is 11.3 Å². The molecule has 122 valence electrons. The highest BCUT2D eigenvalue weighted by molar-refractivity contribution is 8.77. The molecule has 22 heavy (non-hydrogen) atoms. The molecule has 1 aliphatic rings. The van der Waals surface area contributed by atoms with Crippen LogP contribution in [0.4, 0.5) is 5.69 Å². The van der Waals surface area contributed by atoms with Gasteiger partial charge >= 0.3 is 5.97 Å². The monoisotopic (exact) mass is 341 g/mol. The fourth-order valence-electron chi connectivity index (χ4n) is 2.39. The number of esters is 1. The van der Waals surface area contributed by atoms with Crippen molar-refractivity contribution < 1.29 is 14.6 Å². The van der Waals surface area contributed by atoms with Crippen molar-refractivity contribution in [2.24, 2.45) is 0 Å². The summed E-state index contributed by atoms with van der Waals surface area (Å²) in [7, 11) is 5.35. The summed E-state index contributed by atoms with van der Waals surface area (Å²) in [6.07, 6.45) is 6.29. The molecule has 0 aromatic heterocycles. The minimum atomic E-state index is -0.520. The van der Waals surface area contributed by atoms with Crippen LogP contribution >= 0.6 is 21.6 Å². The van der Waals surface area contributed by atoms with Crippen molar-refractivity contribution in [1.82, 2.24) is 0 Å². The Kier molecular flexibility index (Phi) is 7.25. The molecule has 4 nitrogen and oxygen atoms in total. The van der Waals surface area contributed by atoms with Gasteiger partial charge in [-0.05, 0) is 37.5 Å². The van der Waals surface area contributed by atoms with Gasteiger partial charge < -0.3 is 15.2 Å². The lowest BCUT2D eigenvalue weighted by Crippen LogP contribution is -2.05. The van der Waals surface area contributed by atoms with E-state index in [9.17, 15) is 9.90 Å². The number of carbonyl (C=O) groups is 1. The third kappa shape index (κ3) is 5.32. The van der Waals surface area contributed by atoms with E-state index in [1.165, 1.54) is 44.6 Å². The average Bonchev–Trinajstić information content (AvgIpc) is 3.04. The molecule has 1 heterocycles. The number of phenolic OH excluding ortho intramolecular Hbond substituents is 1. The highest BCUT2D eigenvalue weighted by Crippen LogP contribution is 2.39. The Hall–Kier alpha value is -1.01. The first-order valence-electron chi connectivity index (χ1n) is 7.64. The molecule has 1 aromatic carbocycles. The number of unbranched alkanes of at least 4 members (excludes halogenated alkanes) is 2. The molecule has 2 rings (SSSR count). The van der Waals surface area contributed by atoms with Crippen LogP contribution in [0.25, 0.3) is 0 Å². The van der Waals surface area contributed by atoms with Crippen LogP contribution in [0.15, 0.2) is 18.2 Å². The summed E-state index contributed by atoms with van der Waals surface area (Å²) >= 11 is 0. The van der Waals surface area contributed by atoms with Crippen LogP contribution in [0, 0.1) is 0 Å². The summed E-state index contributed by atoms with van der Waals surface area (Å²) in [5.74, 6) is 0.734. The van der Waals surface area contributed by atoms with Gasteiger partial charge in [-0.25, -0.2) is 4.79 Å². The van der Waals surface area contributed by atoms with E-state index < -0.39 is 5.97 Å². The first-order valence-corrected chi connectivity index (χ1v) is 10.0. The molecular weight excluding hydrogens is 318 g/mol. The zero-order chi connectivity index (χ0) is 15.8. The minimum Gasteiger partial charge on any atom is -0.507 e. The van der Waals surface area contributed by atoms with Crippen LogP contribution in [0.2, 0.25) is 0 Å². The zero-order valence-corrected chi connectivity index (χ0v) is 14.5. The van der Waals surface area contributed by atoms with Gasteiger partial charge in [-0.1, -0.05) is 34.4 Å². The van der Waals surface area contributed by atoms with Crippen molar-refractivity contribution in [3.05, 3.63) is 23.8 Å². The lowest BCUT2D eigenvalue weighted by atomic mass is 10.1. The Morgan fingerprint density at radius 3 is 3.00 bits per heavy atom. The second-order valence-corrected chi connectivity index (χ2v) is 8.12. The molecule has 6 heteroatoms. The molecule has 0 radical (unpaired) electrons. The number of carbonyl (C=O) groups excluding carboxylic acids is 1. The van der Waals surface area contributed by atoms with Crippen LogP contribution in [0.5, 0.6) is 5.75 Å². The molecule has 1 saturated heterocycles. The maximum atomic E-state index is 11.5. The summed E-state index contributed by atoms with van der Waals surface area (Å²) in [6.45, 7) is 0.873. The normalized spacial score (nSPS) is 17.4. The molecule has 0 spiro atoms. The molecule has 1 aliphatic heterocycles. The number of phenols is 1. The lowest BCUT2D eigenvalue weighted by Gasteiger charge is -2.10. The lowest BCUT2D eigenvalue weighted by molar-refractivity contribution is 0.0597. The molecule has 1 atom stereocenters. The molecule has 0 bridgehead atoms. The van der Waals surface area contributed by atoms with E-state index in [4.69, 9.17) is 0 Å². The Bertz CT molecular complexity index is 490. The average molecular weight is 341 g/mol. The highest BCUT2D eigenvalue weighted by Gasteiger charge is 2.15. The Balaban J connectivity index is 1.67. The molecular formula is C16H23NO3S2. The van der Waals surface area contributed by atoms with Gasteiger partial charge in [0, 0.05) is 23.2 Å². The number of methoxy groups -OCH3 is 1. The minimum absolute atomic E-state index is 0.0515. The fraction of sp³-hybridized carbons (Fsp3) is 0.562. The van der Waals surface area contributed by atoms with Crippen LogP contribution in [0.1, 0.15) is 42.5 Å². The quantitative estimate of drug-likeness (QED) is 0.318. The molecule has 1 fully saturated rings.